The molecule has 0 bridgehead atoms. The fraction of sp³-hybridized carbons (Fsp3) is 1.00. The van der Waals surface area contributed by atoms with Crippen molar-refractivity contribution in [3.63, 3.8) is 0 Å². The van der Waals surface area contributed by atoms with Crippen molar-refractivity contribution in [2.45, 2.75) is 25.9 Å². The quantitative estimate of drug-likeness (QED) is 0.698. The molecule has 0 aliphatic carbocycles. The minimum Gasteiger partial charge on any atom is -0.390 e. The zero-order valence-corrected chi connectivity index (χ0v) is 10.8. The number of likely N-dealkylation sites (tertiary alicyclic amines) is 1. The van der Waals surface area contributed by atoms with E-state index in [0.29, 0.717) is 6.54 Å². The molecule has 1 fully saturated rings. The van der Waals surface area contributed by atoms with Gasteiger partial charge in [-0.05, 0) is 31.8 Å². The number of piperidine rings is 1. The Morgan fingerprint density at radius 2 is 2.00 bits per heavy atom. The number of nitrogens with one attached hydrogen (secondary N) is 1. The lowest BCUT2D eigenvalue weighted by atomic mass is 9.99. The number of aliphatic hydroxyl groups is 1. The monoisotopic (exact) mass is 250 g/mol. The molecule has 0 radical (unpaired) electrons. The molecular formula is C10H22N2O3S. The summed E-state index contributed by atoms with van der Waals surface area (Å²) >= 11 is 0. The molecule has 16 heavy (non-hydrogen) atoms. The van der Waals surface area contributed by atoms with Crippen molar-refractivity contribution in [3.8, 4) is 0 Å². The number of β-amino-alcohol motifs (C(OH)–C–C–N with tert-alkyl or cyclic N) is 1. The number of aliphatic hydroxyl groups excluding tert-OH is 1. The highest BCUT2D eigenvalue weighted by atomic mass is 32.2. The number of nitrogens with zero attached hydrogens (tertiary/aromatic N) is 1. The van der Waals surface area contributed by atoms with Crippen LogP contribution in [0.1, 0.15) is 19.8 Å². The average Bonchev–Trinajstić information content (AvgIpc) is 2.18. The van der Waals surface area contributed by atoms with Crippen LogP contribution in [0.25, 0.3) is 0 Å². The van der Waals surface area contributed by atoms with Gasteiger partial charge in [0, 0.05) is 13.1 Å². The predicted molar refractivity (Wildman–Crippen MR) is 63.7 cm³/mol. The molecule has 1 rings (SSSR count). The summed E-state index contributed by atoms with van der Waals surface area (Å²) in [4.78, 5) is 2.19. The second-order valence-electron chi connectivity index (χ2n) is 4.76. The molecule has 0 amide bonds. The van der Waals surface area contributed by atoms with E-state index in [0.717, 1.165) is 38.1 Å². The molecule has 0 spiro atoms. The molecular weight excluding hydrogens is 228 g/mol. The molecule has 1 atom stereocenters. The van der Waals surface area contributed by atoms with Crippen LogP contribution < -0.4 is 4.72 Å². The van der Waals surface area contributed by atoms with Crippen molar-refractivity contribution in [2.24, 2.45) is 5.92 Å². The highest BCUT2D eigenvalue weighted by Crippen LogP contribution is 2.15. The Morgan fingerprint density at radius 3 is 2.50 bits per heavy atom. The lowest BCUT2D eigenvalue weighted by molar-refractivity contribution is 0.0943. The molecule has 0 saturated carbocycles. The molecule has 0 aromatic carbocycles. The average molecular weight is 250 g/mol. The van der Waals surface area contributed by atoms with Crippen molar-refractivity contribution >= 4 is 10.0 Å². The SMILES string of the molecule is CC1CCN(C[C@@H](O)CNS(C)(=O)=O)CC1. The van der Waals surface area contributed by atoms with Gasteiger partial charge in [0.15, 0.2) is 0 Å². The summed E-state index contributed by atoms with van der Waals surface area (Å²) in [5, 5.41) is 9.66. The molecule has 0 aromatic rings. The summed E-state index contributed by atoms with van der Waals surface area (Å²) in [6.07, 6.45) is 2.80. The molecule has 6 heteroatoms. The van der Waals surface area contributed by atoms with E-state index in [1.807, 2.05) is 0 Å². The van der Waals surface area contributed by atoms with Crippen LogP contribution in [-0.4, -0.2) is 57.0 Å². The predicted octanol–water partition coefficient (Wildman–Crippen LogP) is -0.372. The van der Waals surface area contributed by atoms with E-state index in [-0.39, 0.29) is 6.54 Å². The van der Waals surface area contributed by atoms with Gasteiger partial charge in [-0.2, -0.15) is 0 Å². The maximum Gasteiger partial charge on any atom is 0.208 e. The Hall–Kier alpha value is -0.170. The first kappa shape index (κ1) is 13.9. The van der Waals surface area contributed by atoms with Crippen LogP contribution in [0, 0.1) is 5.92 Å². The van der Waals surface area contributed by atoms with Gasteiger partial charge in [0.25, 0.3) is 0 Å². The van der Waals surface area contributed by atoms with Gasteiger partial charge in [-0.3, -0.25) is 0 Å². The lowest BCUT2D eigenvalue weighted by Gasteiger charge is -2.31. The smallest absolute Gasteiger partial charge is 0.208 e. The fourth-order valence-electron chi connectivity index (χ4n) is 1.85. The number of rotatable bonds is 5. The highest BCUT2D eigenvalue weighted by molar-refractivity contribution is 7.88. The van der Waals surface area contributed by atoms with E-state index in [1.54, 1.807) is 0 Å². The van der Waals surface area contributed by atoms with Gasteiger partial charge in [-0.25, -0.2) is 13.1 Å². The Bertz CT molecular complexity index is 297. The Balaban J connectivity index is 2.21. The van der Waals surface area contributed by atoms with Crippen molar-refractivity contribution in [1.82, 2.24) is 9.62 Å². The molecule has 96 valence electrons. The normalized spacial score (nSPS) is 22.2. The summed E-state index contributed by atoms with van der Waals surface area (Å²) < 4.78 is 24.0. The Kier molecular flexibility index (Phi) is 5.17. The van der Waals surface area contributed by atoms with Crippen LogP contribution in [0.15, 0.2) is 0 Å². The summed E-state index contributed by atoms with van der Waals surface area (Å²) in [5.41, 5.74) is 0. The van der Waals surface area contributed by atoms with Crippen LogP contribution in [0.2, 0.25) is 0 Å². The van der Waals surface area contributed by atoms with Crippen LogP contribution in [0.3, 0.4) is 0 Å². The third-order valence-electron chi connectivity index (χ3n) is 2.93. The lowest BCUT2D eigenvalue weighted by Crippen LogP contribution is -2.42. The van der Waals surface area contributed by atoms with Gasteiger partial charge >= 0.3 is 0 Å². The summed E-state index contributed by atoms with van der Waals surface area (Å²) in [6, 6.07) is 0. The van der Waals surface area contributed by atoms with E-state index in [9.17, 15) is 13.5 Å². The van der Waals surface area contributed by atoms with E-state index in [1.165, 1.54) is 0 Å². The Morgan fingerprint density at radius 1 is 1.44 bits per heavy atom. The van der Waals surface area contributed by atoms with Crippen molar-refractivity contribution in [1.29, 1.82) is 0 Å². The topological polar surface area (TPSA) is 69.6 Å². The van der Waals surface area contributed by atoms with Crippen LogP contribution in [0.4, 0.5) is 0 Å². The molecule has 0 unspecified atom stereocenters. The summed E-state index contributed by atoms with van der Waals surface area (Å²) in [5.74, 6) is 0.766. The largest absolute Gasteiger partial charge is 0.390 e. The van der Waals surface area contributed by atoms with E-state index < -0.39 is 16.1 Å². The molecule has 0 aromatic heterocycles. The molecule has 5 nitrogen and oxygen atoms in total. The third kappa shape index (κ3) is 5.79. The van der Waals surface area contributed by atoms with Gasteiger partial charge in [-0.1, -0.05) is 6.92 Å². The van der Waals surface area contributed by atoms with Crippen molar-refractivity contribution in [2.75, 3.05) is 32.4 Å². The molecule has 2 N–H and O–H groups in total. The summed E-state index contributed by atoms with van der Waals surface area (Å²) in [7, 11) is -3.20. The number of sulfonamides is 1. The summed E-state index contributed by atoms with van der Waals surface area (Å²) in [6.45, 7) is 4.88. The van der Waals surface area contributed by atoms with Gasteiger partial charge < -0.3 is 10.0 Å². The molecule has 1 saturated heterocycles. The van der Waals surface area contributed by atoms with Gasteiger partial charge in [-0.15, -0.1) is 0 Å². The maximum absolute atomic E-state index is 10.8. The first-order chi connectivity index (χ1) is 7.37. The first-order valence-corrected chi connectivity index (χ1v) is 7.61. The van der Waals surface area contributed by atoms with Crippen LogP contribution in [-0.2, 0) is 10.0 Å². The van der Waals surface area contributed by atoms with Gasteiger partial charge in [0.05, 0.1) is 12.4 Å². The van der Waals surface area contributed by atoms with E-state index in [4.69, 9.17) is 0 Å². The number of hydrogen-bond donors (Lipinski definition) is 2. The zero-order chi connectivity index (χ0) is 12.2. The van der Waals surface area contributed by atoms with Crippen LogP contribution >= 0.6 is 0 Å². The molecule has 1 aliphatic rings. The second kappa shape index (κ2) is 5.95. The molecule has 1 heterocycles. The standard InChI is InChI=1S/C10H22N2O3S/c1-9-3-5-12(6-4-9)8-10(13)7-11-16(2,14)15/h9-11,13H,3-8H2,1-2H3/t10-/m0/s1. The molecule has 1 aliphatic heterocycles. The van der Waals surface area contributed by atoms with E-state index in [2.05, 4.69) is 16.5 Å². The van der Waals surface area contributed by atoms with Crippen molar-refractivity contribution < 1.29 is 13.5 Å². The van der Waals surface area contributed by atoms with Crippen molar-refractivity contribution in [3.05, 3.63) is 0 Å². The number of hydrogen-bond acceptors (Lipinski definition) is 4. The third-order valence-corrected chi connectivity index (χ3v) is 3.62. The maximum atomic E-state index is 10.8. The highest BCUT2D eigenvalue weighted by Gasteiger charge is 2.18. The van der Waals surface area contributed by atoms with E-state index >= 15 is 0 Å². The van der Waals surface area contributed by atoms with Gasteiger partial charge in [0.1, 0.15) is 0 Å². The first-order valence-electron chi connectivity index (χ1n) is 5.72. The van der Waals surface area contributed by atoms with Crippen LogP contribution in [0.5, 0.6) is 0 Å². The minimum atomic E-state index is -3.20. The fourth-order valence-corrected chi connectivity index (χ4v) is 2.35. The van der Waals surface area contributed by atoms with Gasteiger partial charge in [0.2, 0.25) is 10.0 Å². The Labute approximate surface area is 97.9 Å². The zero-order valence-electron chi connectivity index (χ0n) is 10.0. The minimum absolute atomic E-state index is 0.102. The second-order valence-corrected chi connectivity index (χ2v) is 6.59.